The van der Waals surface area contributed by atoms with Crippen LogP contribution in [-0.2, 0) is 18.4 Å². The van der Waals surface area contributed by atoms with Crippen LogP contribution in [0.4, 0.5) is 0 Å². The maximum absolute atomic E-state index is 12.7. The number of nitrogens with zero attached hydrogens (tertiary/aromatic N) is 1. The number of unbranched alkanes of at least 4 members (excludes halogenated alkanes) is 20. The van der Waals surface area contributed by atoms with Crippen LogP contribution in [0.5, 0.6) is 0 Å². The van der Waals surface area contributed by atoms with Gasteiger partial charge in [0.1, 0.15) is 13.2 Å². The number of amides is 1. The minimum Gasteiger partial charge on any atom is -0.756 e. The van der Waals surface area contributed by atoms with Gasteiger partial charge < -0.3 is 28.8 Å². The summed E-state index contributed by atoms with van der Waals surface area (Å²) in [7, 11) is 1.30. The number of hydrogen-bond donors (Lipinski definition) is 2. The summed E-state index contributed by atoms with van der Waals surface area (Å²) in [6.07, 6.45) is 32.1. The molecule has 0 rings (SSSR count). The Morgan fingerprint density at radius 2 is 1.19 bits per heavy atom. The third-order valence-corrected chi connectivity index (χ3v) is 9.72. The summed E-state index contributed by atoms with van der Waals surface area (Å²) in [5.41, 5.74) is 0. The largest absolute Gasteiger partial charge is 0.756 e. The normalized spacial score (nSPS) is 14.8. The van der Waals surface area contributed by atoms with Crippen LogP contribution < -0.4 is 10.2 Å². The molecule has 0 saturated carbocycles. The van der Waals surface area contributed by atoms with Gasteiger partial charge in [-0.25, -0.2) is 0 Å². The van der Waals surface area contributed by atoms with Gasteiger partial charge in [0.05, 0.1) is 39.9 Å². The van der Waals surface area contributed by atoms with Crippen LogP contribution in [0.15, 0.2) is 12.2 Å². The fourth-order valence-electron chi connectivity index (χ4n) is 5.55. The summed E-state index contributed by atoms with van der Waals surface area (Å²) in [6.45, 7) is 4.65. The highest BCUT2D eigenvalue weighted by Gasteiger charge is 2.24. The zero-order chi connectivity index (χ0) is 35.1. The van der Waals surface area contributed by atoms with Crippen LogP contribution in [0.3, 0.4) is 0 Å². The summed E-state index contributed by atoms with van der Waals surface area (Å²) in [6, 6.07) is -0.799. The highest BCUT2D eigenvalue weighted by Crippen LogP contribution is 2.38. The smallest absolute Gasteiger partial charge is 0.268 e. The Balaban J connectivity index is 4.44. The van der Waals surface area contributed by atoms with Gasteiger partial charge in [0.2, 0.25) is 5.91 Å². The lowest BCUT2D eigenvalue weighted by Crippen LogP contribution is -2.46. The molecule has 0 fully saturated rings. The van der Waals surface area contributed by atoms with Crippen LogP contribution in [0.25, 0.3) is 0 Å². The Morgan fingerprint density at radius 3 is 1.72 bits per heavy atom. The fraction of sp³-hybridized carbons (Fsp3) is 0.921. The van der Waals surface area contributed by atoms with Gasteiger partial charge in [0.25, 0.3) is 7.82 Å². The molecule has 0 bridgehead atoms. The summed E-state index contributed by atoms with van der Waals surface area (Å²) < 4.78 is 23.1. The summed E-state index contributed by atoms with van der Waals surface area (Å²) >= 11 is 0. The molecule has 0 radical (unpaired) electrons. The first kappa shape index (κ1) is 46.2. The van der Waals surface area contributed by atoms with Crippen molar-refractivity contribution in [1.82, 2.24) is 5.32 Å². The third kappa shape index (κ3) is 33.5. The van der Waals surface area contributed by atoms with Gasteiger partial charge in [0, 0.05) is 6.42 Å². The van der Waals surface area contributed by atoms with Gasteiger partial charge in [0.15, 0.2) is 0 Å². The molecule has 0 aliphatic rings. The summed E-state index contributed by atoms with van der Waals surface area (Å²) in [4.78, 5) is 25.1. The van der Waals surface area contributed by atoms with Gasteiger partial charge in [-0.15, -0.1) is 0 Å². The van der Waals surface area contributed by atoms with Gasteiger partial charge in [-0.3, -0.25) is 9.36 Å². The number of aliphatic hydroxyl groups is 1. The number of phosphoric acid groups is 1. The summed E-state index contributed by atoms with van der Waals surface area (Å²) in [5.74, 6) is -0.180. The highest BCUT2D eigenvalue weighted by molar-refractivity contribution is 7.45. The topological polar surface area (TPSA) is 108 Å². The average molecular weight is 689 g/mol. The maximum Gasteiger partial charge on any atom is 0.268 e. The van der Waals surface area contributed by atoms with Gasteiger partial charge >= 0.3 is 0 Å². The Bertz CT molecular complexity index is 789. The molecule has 280 valence electrons. The van der Waals surface area contributed by atoms with E-state index >= 15 is 0 Å². The van der Waals surface area contributed by atoms with Gasteiger partial charge in [-0.2, -0.15) is 0 Å². The standard InChI is InChI=1S/C38H77N2O6P/c1-6-8-10-12-14-16-18-19-20-21-22-23-25-27-29-31-37(41)36(35-46-47(43,44)45-34-33-40(3,4)5)39-38(42)32-30-28-26-24-17-15-13-11-9-7-2/h13,15,36-37,41H,6-12,14,16-35H2,1-5H3,(H-,39,42,43,44)/b15-13-. The van der Waals surface area contributed by atoms with Crippen molar-refractivity contribution in [1.29, 1.82) is 0 Å². The number of nitrogens with one attached hydrogen (secondary N) is 1. The third-order valence-electron chi connectivity index (χ3n) is 8.75. The number of hydrogen-bond acceptors (Lipinski definition) is 6. The molecule has 8 nitrogen and oxygen atoms in total. The molecule has 0 aliphatic carbocycles. The number of aliphatic hydroxyl groups excluding tert-OH is 1. The molecule has 3 unspecified atom stereocenters. The first-order chi connectivity index (χ1) is 22.5. The molecule has 0 spiro atoms. The van der Waals surface area contributed by atoms with Crippen LogP contribution >= 0.6 is 7.82 Å². The van der Waals surface area contributed by atoms with Crippen molar-refractivity contribution < 1.29 is 32.9 Å². The second-order valence-corrected chi connectivity index (χ2v) is 16.0. The van der Waals surface area contributed by atoms with Crippen molar-refractivity contribution in [2.45, 2.75) is 187 Å². The number of likely N-dealkylation sites (N-methyl/N-ethyl adjacent to an activating group) is 1. The van der Waals surface area contributed by atoms with Crippen molar-refractivity contribution >= 4 is 13.7 Å². The highest BCUT2D eigenvalue weighted by atomic mass is 31.2. The lowest BCUT2D eigenvalue weighted by atomic mass is 10.0. The molecule has 0 aromatic heterocycles. The van der Waals surface area contributed by atoms with E-state index in [1.807, 2.05) is 21.1 Å². The minimum absolute atomic E-state index is 0.0114. The van der Waals surface area contributed by atoms with Crippen molar-refractivity contribution in [3.63, 3.8) is 0 Å². The van der Waals surface area contributed by atoms with E-state index in [0.717, 1.165) is 57.8 Å². The summed E-state index contributed by atoms with van der Waals surface area (Å²) in [5, 5.41) is 13.8. The Morgan fingerprint density at radius 1 is 0.723 bits per heavy atom. The molecule has 47 heavy (non-hydrogen) atoms. The number of quaternary nitrogens is 1. The Kier molecular flexibility index (Phi) is 30.7. The lowest BCUT2D eigenvalue weighted by molar-refractivity contribution is -0.870. The van der Waals surface area contributed by atoms with Crippen molar-refractivity contribution in [2.24, 2.45) is 0 Å². The first-order valence-electron chi connectivity index (χ1n) is 19.5. The van der Waals surface area contributed by atoms with Gasteiger partial charge in [-0.05, 0) is 32.1 Å². The molecule has 3 atom stereocenters. The molecule has 0 saturated heterocycles. The fourth-order valence-corrected chi connectivity index (χ4v) is 6.27. The van der Waals surface area contributed by atoms with Gasteiger partial charge in [-0.1, -0.05) is 148 Å². The van der Waals surface area contributed by atoms with E-state index in [2.05, 4.69) is 31.3 Å². The quantitative estimate of drug-likeness (QED) is 0.0297. The molecule has 9 heteroatoms. The number of phosphoric ester groups is 1. The number of carbonyl (C=O) groups is 1. The number of rotatable bonds is 35. The van der Waals surface area contributed by atoms with Crippen molar-refractivity contribution in [3.05, 3.63) is 12.2 Å². The Labute approximate surface area is 291 Å². The molecule has 0 aliphatic heterocycles. The minimum atomic E-state index is -4.55. The zero-order valence-electron chi connectivity index (χ0n) is 31.5. The van der Waals surface area contributed by atoms with Crippen molar-refractivity contribution in [3.8, 4) is 0 Å². The van der Waals surface area contributed by atoms with Crippen LogP contribution in [0, 0.1) is 0 Å². The lowest BCUT2D eigenvalue weighted by Gasteiger charge is -2.30. The van der Waals surface area contributed by atoms with E-state index in [4.69, 9.17) is 9.05 Å². The SMILES string of the molecule is CCCC/C=C\CCCCCCC(=O)NC(COP(=O)([O-])OCC[N+](C)(C)C)C(O)CCCCCCCCCCCCCCCCC. The second kappa shape index (κ2) is 31.2. The molecule has 0 aromatic carbocycles. The van der Waals surface area contributed by atoms with E-state index < -0.39 is 20.0 Å². The van der Waals surface area contributed by atoms with E-state index in [1.54, 1.807) is 0 Å². The van der Waals surface area contributed by atoms with E-state index in [0.29, 0.717) is 23.9 Å². The van der Waals surface area contributed by atoms with Crippen molar-refractivity contribution in [2.75, 3.05) is 40.9 Å². The predicted octanol–water partition coefficient (Wildman–Crippen LogP) is 9.39. The van der Waals surface area contributed by atoms with Crippen LogP contribution in [0.2, 0.25) is 0 Å². The molecule has 0 heterocycles. The molecular weight excluding hydrogens is 611 g/mol. The Hall–Kier alpha value is -0.760. The monoisotopic (exact) mass is 689 g/mol. The molecule has 0 aromatic rings. The zero-order valence-corrected chi connectivity index (χ0v) is 32.4. The van der Waals surface area contributed by atoms with Crippen LogP contribution in [-0.4, -0.2) is 68.5 Å². The second-order valence-electron chi connectivity index (χ2n) is 14.6. The number of allylic oxidation sites excluding steroid dienone is 2. The van der Waals surface area contributed by atoms with E-state index in [9.17, 15) is 19.4 Å². The number of carbonyl (C=O) groups excluding carboxylic acids is 1. The van der Waals surface area contributed by atoms with E-state index in [1.165, 1.54) is 89.9 Å². The molecule has 1 amide bonds. The molecular formula is C38H77N2O6P. The average Bonchev–Trinajstić information content (AvgIpc) is 3.01. The van der Waals surface area contributed by atoms with E-state index in [-0.39, 0.29) is 19.1 Å². The predicted molar refractivity (Wildman–Crippen MR) is 196 cm³/mol. The first-order valence-corrected chi connectivity index (χ1v) is 21.0. The maximum atomic E-state index is 12.7. The molecule has 2 N–H and O–H groups in total. The van der Waals surface area contributed by atoms with Crippen LogP contribution in [0.1, 0.15) is 174 Å².